The number of oxime groups is 1. The highest BCUT2D eigenvalue weighted by molar-refractivity contribution is 5.57. The van der Waals surface area contributed by atoms with Gasteiger partial charge in [0.2, 0.25) is 0 Å². The third-order valence-corrected chi connectivity index (χ3v) is 0.884. The monoisotopic (exact) mass is 129 g/mol. The zero-order valence-electron chi connectivity index (χ0n) is 6.64. The molecule has 0 aliphatic heterocycles. The summed E-state index contributed by atoms with van der Waals surface area (Å²) in [7, 11) is 1.55. The Bertz CT molecular complexity index is 91.6. The Balaban J connectivity index is 3.38. The predicted octanol–water partition coefficient (Wildman–Crippen LogP) is 2.05. The zero-order valence-corrected chi connectivity index (χ0v) is 6.64. The van der Waals surface area contributed by atoms with Gasteiger partial charge in [0, 0.05) is 6.21 Å². The fourth-order valence-corrected chi connectivity index (χ4v) is 0.386. The van der Waals surface area contributed by atoms with Crippen molar-refractivity contribution >= 4 is 6.21 Å². The molecule has 0 radical (unpaired) electrons. The zero-order chi connectivity index (χ0) is 7.33. The molecule has 0 spiro atoms. The van der Waals surface area contributed by atoms with Crippen LogP contribution in [0.1, 0.15) is 27.2 Å². The maximum atomic E-state index is 4.51. The molecule has 0 saturated carbocycles. The van der Waals surface area contributed by atoms with E-state index in [4.69, 9.17) is 0 Å². The van der Waals surface area contributed by atoms with Crippen LogP contribution < -0.4 is 0 Å². The first-order valence-corrected chi connectivity index (χ1v) is 3.11. The minimum Gasteiger partial charge on any atom is -0.399 e. The highest BCUT2D eigenvalue weighted by Crippen LogP contribution is 2.15. The summed E-state index contributed by atoms with van der Waals surface area (Å²) >= 11 is 0. The van der Waals surface area contributed by atoms with Crippen molar-refractivity contribution in [2.75, 3.05) is 7.11 Å². The third-order valence-electron chi connectivity index (χ3n) is 0.884. The standard InChI is InChI=1S/C7H15NO/c1-7(2,3)5-6-8-9-4/h6H,5H2,1-4H3/b8-6+. The van der Waals surface area contributed by atoms with E-state index >= 15 is 0 Å². The van der Waals surface area contributed by atoms with E-state index in [0.717, 1.165) is 6.42 Å². The molecule has 2 nitrogen and oxygen atoms in total. The minimum atomic E-state index is 0.321. The van der Waals surface area contributed by atoms with Gasteiger partial charge in [0.25, 0.3) is 0 Å². The summed E-state index contributed by atoms with van der Waals surface area (Å²) in [5.41, 5.74) is 0.321. The van der Waals surface area contributed by atoms with Crippen molar-refractivity contribution in [1.29, 1.82) is 0 Å². The summed E-state index contributed by atoms with van der Waals surface area (Å²) in [6.07, 6.45) is 2.75. The molecule has 0 aliphatic carbocycles. The van der Waals surface area contributed by atoms with Crippen LogP contribution in [0.3, 0.4) is 0 Å². The predicted molar refractivity (Wildman–Crippen MR) is 39.6 cm³/mol. The minimum absolute atomic E-state index is 0.321. The van der Waals surface area contributed by atoms with Crippen LogP contribution in [0.25, 0.3) is 0 Å². The molecule has 0 aromatic heterocycles. The lowest BCUT2D eigenvalue weighted by Crippen LogP contribution is -2.04. The molecule has 0 fully saturated rings. The SMILES string of the molecule is CO/N=C/CC(C)(C)C. The van der Waals surface area contributed by atoms with Crippen molar-refractivity contribution in [2.45, 2.75) is 27.2 Å². The van der Waals surface area contributed by atoms with Gasteiger partial charge < -0.3 is 4.84 Å². The lowest BCUT2D eigenvalue weighted by molar-refractivity contribution is 0.213. The average Bonchev–Trinajstić information content (AvgIpc) is 1.63. The van der Waals surface area contributed by atoms with Gasteiger partial charge in [-0.05, 0) is 11.8 Å². The molecule has 0 rings (SSSR count). The molecule has 0 aromatic rings. The maximum absolute atomic E-state index is 4.51. The van der Waals surface area contributed by atoms with Gasteiger partial charge in [0.05, 0.1) is 0 Å². The molecule has 0 bridgehead atoms. The Morgan fingerprint density at radius 3 is 2.33 bits per heavy atom. The molecule has 0 atom stereocenters. The first-order valence-electron chi connectivity index (χ1n) is 3.11. The van der Waals surface area contributed by atoms with E-state index in [1.165, 1.54) is 0 Å². The lowest BCUT2D eigenvalue weighted by atomic mass is 9.93. The molecule has 0 aliphatic rings. The van der Waals surface area contributed by atoms with Gasteiger partial charge in [-0.1, -0.05) is 25.9 Å². The van der Waals surface area contributed by atoms with Crippen molar-refractivity contribution in [3.8, 4) is 0 Å². The first-order chi connectivity index (χ1) is 4.06. The lowest BCUT2D eigenvalue weighted by Gasteiger charge is -2.13. The van der Waals surface area contributed by atoms with Crippen LogP contribution in [0, 0.1) is 5.41 Å². The topological polar surface area (TPSA) is 21.6 Å². The Morgan fingerprint density at radius 2 is 2.00 bits per heavy atom. The van der Waals surface area contributed by atoms with E-state index in [2.05, 4.69) is 30.8 Å². The molecule has 0 unspecified atom stereocenters. The van der Waals surface area contributed by atoms with Crippen molar-refractivity contribution in [2.24, 2.45) is 10.6 Å². The highest BCUT2D eigenvalue weighted by Gasteiger charge is 2.06. The number of hydrogen-bond acceptors (Lipinski definition) is 2. The van der Waals surface area contributed by atoms with Gasteiger partial charge in [-0.2, -0.15) is 0 Å². The number of hydrogen-bond donors (Lipinski definition) is 0. The van der Waals surface area contributed by atoms with E-state index in [0.29, 0.717) is 5.41 Å². The second kappa shape index (κ2) is 3.49. The molecular weight excluding hydrogens is 114 g/mol. The Kier molecular flexibility index (Phi) is 3.28. The van der Waals surface area contributed by atoms with Crippen LogP contribution in [0.2, 0.25) is 0 Å². The average molecular weight is 129 g/mol. The summed E-state index contributed by atoms with van der Waals surface area (Å²) < 4.78 is 0. The van der Waals surface area contributed by atoms with E-state index < -0.39 is 0 Å². The third kappa shape index (κ3) is 7.47. The van der Waals surface area contributed by atoms with Crippen molar-refractivity contribution < 1.29 is 4.84 Å². The number of nitrogens with zero attached hydrogens (tertiary/aromatic N) is 1. The fourth-order valence-electron chi connectivity index (χ4n) is 0.386. The molecule has 2 heteroatoms. The summed E-state index contributed by atoms with van der Waals surface area (Å²) in [6.45, 7) is 6.48. The fraction of sp³-hybridized carbons (Fsp3) is 0.857. The van der Waals surface area contributed by atoms with Gasteiger partial charge in [-0.3, -0.25) is 0 Å². The molecule has 54 valence electrons. The molecule has 9 heavy (non-hydrogen) atoms. The van der Waals surface area contributed by atoms with Gasteiger partial charge in [-0.25, -0.2) is 0 Å². The van der Waals surface area contributed by atoms with E-state index in [1.807, 2.05) is 0 Å². The largest absolute Gasteiger partial charge is 0.399 e. The molecular formula is C7H15NO. The summed E-state index contributed by atoms with van der Waals surface area (Å²) in [5, 5.41) is 3.63. The van der Waals surface area contributed by atoms with Crippen LogP contribution in [0.15, 0.2) is 5.16 Å². The van der Waals surface area contributed by atoms with Gasteiger partial charge >= 0.3 is 0 Å². The van der Waals surface area contributed by atoms with E-state index in [-0.39, 0.29) is 0 Å². The van der Waals surface area contributed by atoms with Gasteiger partial charge in [-0.15, -0.1) is 0 Å². The second-order valence-electron chi connectivity index (χ2n) is 3.24. The van der Waals surface area contributed by atoms with Crippen LogP contribution in [0.4, 0.5) is 0 Å². The molecule has 0 aromatic carbocycles. The van der Waals surface area contributed by atoms with Crippen LogP contribution >= 0.6 is 0 Å². The molecule has 0 saturated heterocycles. The van der Waals surface area contributed by atoms with Crippen LogP contribution in [-0.2, 0) is 4.84 Å². The Morgan fingerprint density at radius 1 is 1.44 bits per heavy atom. The highest BCUT2D eigenvalue weighted by atomic mass is 16.6. The summed E-state index contributed by atoms with van der Waals surface area (Å²) in [5.74, 6) is 0. The summed E-state index contributed by atoms with van der Waals surface area (Å²) in [4.78, 5) is 4.51. The Hall–Kier alpha value is -0.530. The van der Waals surface area contributed by atoms with Crippen LogP contribution in [0.5, 0.6) is 0 Å². The van der Waals surface area contributed by atoms with Crippen molar-refractivity contribution in [3.05, 3.63) is 0 Å². The molecule has 0 heterocycles. The van der Waals surface area contributed by atoms with Crippen LogP contribution in [-0.4, -0.2) is 13.3 Å². The number of rotatable bonds is 2. The second-order valence-corrected chi connectivity index (χ2v) is 3.24. The maximum Gasteiger partial charge on any atom is 0.106 e. The normalized spacial score (nSPS) is 12.4. The smallest absolute Gasteiger partial charge is 0.106 e. The van der Waals surface area contributed by atoms with Crippen molar-refractivity contribution in [1.82, 2.24) is 0 Å². The van der Waals surface area contributed by atoms with Gasteiger partial charge in [0.1, 0.15) is 7.11 Å². The summed E-state index contributed by atoms with van der Waals surface area (Å²) in [6, 6.07) is 0. The first kappa shape index (κ1) is 8.47. The quantitative estimate of drug-likeness (QED) is 0.413. The van der Waals surface area contributed by atoms with Crippen molar-refractivity contribution in [3.63, 3.8) is 0 Å². The van der Waals surface area contributed by atoms with E-state index in [9.17, 15) is 0 Å². The molecule has 0 N–H and O–H groups in total. The Labute approximate surface area is 56.9 Å². The van der Waals surface area contributed by atoms with Gasteiger partial charge in [0.15, 0.2) is 0 Å². The molecule has 0 amide bonds. The van der Waals surface area contributed by atoms with E-state index in [1.54, 1.807) is 13.3 Å².